The number of hydrogen-bond donors (Lipinski definition) is 1. The summed E-state index contributed by atoms with van der Waals surface area (Å²) in [5, 5.41) is 9.89. The molecule has 2 rings (SSSR count). The SMILES string of the molecule is CCCC(=O)N1CCC2=CC(OC)C(O)C=C2C1. The molecule has 1 N–H and O–H groups in total. The molecule has 1 saturated heterocycles. The maximum absolute atomic E-state index is 11.9. The number of rotatable bonds is 3. The van der Waals surface area contributed by atoms with Crippen LogP contribution in [0.15, 0.2) is 23.3 Å². The molecule has 2 aliphatic rings. The zero-order chi connectivity index (χ0) is 13.1. The van der Waals surface area contributed by atoms with Gasteiger partial charge in [0.05, 0.1) is 0 Å². The fourth-order valence-electron chi connectivity index (χ4n) is 2.54. The van der Waals surface area contributed by atoms with Crippen molar-refractivity contribution in [2.75, 3.05) is 20.2 Å². The van der Waals surface area contributed by atoms with E-state index in [0.717, 1.165) is 25.0 Å². The normalized spacial score (nSPS) is 27.4. The van der Waals surface area contributed by atoms with Crippen molar-refractivity contribution in [3.8, 4) is 0 Å². The maximum atomic E-state index is 11.9. The smallest absolute Gasteiger partial charge is 0.222 e. The van der Waals surface area contributed by atoms with Gasteiger partial charge in [0.15, 0.2) is 0 Å². The number of hydrogen-bond acceptors (Lipinski definition) is 3. The summed E-state index contributed by atoms with van der Waals surface area (Å²) < 4.78 is 5.21. The Morgan fingerprint density at radius 3 is 2.94 bits per heavy atom. The summed E-state index contributed by atoms with van der Waals surface area (Å²) in [6.07, 6.45) is 5.31. The number of nitrogens with zero attached hydrogens (tertiary/aromatic N) is 1. The molecule has 0 radical (unpaired) electrons. The van der Waals surface area contributed by atoms with Crippen LogP contribution in [0.2, 0.25) is 0 Å². The van der Waals surface area contributed by atoms with Crippen LogP contribution < -0.4 is 0 Å². The Balaban J connectivity index is 2.07. The molecule has 2 unspecified atom stereocenters. The number of carbonyl (C=O) groups is 1. The topological polar surface area (TPSA) is 49.8 Å². The van der Waals surface area contributed by atoms with E-state index in [9.17, 15) is 9.90 Å². The predicted molar refractivity (Wildman–Crippen MR) is 69.1 cm³/mol. The van der Waals surface area contributed by atoms with Gasteiger partial charge in [-0.1, -0.05) is 6.92 Å². The Morgan fingerprint density at radius 2 is 2.28 bits per heavy atom. The van der Waals surface area contributed by atoms with Crippen LogP contribution in [-0.2, 0) is 9.53 Å². The number of aliphatic hydroxyl groups is 1. The predicted octanol–water partition coefficient (Wildman–Crippen LogP) is 1.26. The van der Waals surface area contributed by atoms with Gasteiger partial charge in [-0.3, -0.25) is 4.79 Å². The van der Waals surface area contributed by atoms with Crippen LogP contribution in [0.5, 0.6) is 0 Å². The summed E-state index contributed by atoms with van der Waals surface area (Å²) in [5.74, 6) is 0.209. The molecule has 4 nitrogen and oxygen atoms in total. The van der Waals surface area contributed by atoms with E-state index >= 15 is 0 Å². The molecule has 1 amide bonds. The monoisotopic (exact) mass is 251 g/mol. The van der Waals surface area contributed by atoms with Gasteiger partial charge in [0.1, 0.15) is 12.2 Å². The molecule has 2 atom stereocenters. The van der Waals surface area contributed by atoms with Crippen molar-refractivity contribution in [3.05, 3.63) is 23.3 Å². The summed E-state index contributed by atoms with van der Waals surface area (Å²) >= 11 is 0. The lowest BCUT2D eigenvalue weighted by Crippen LogP contribution is -2.40. The van der Waals surface area contributed by atoms with E-state index in [4.69, 9.17) is 4.74 Å². The summed E-state index contributed by atoms with van der Waals surface area (Å²) in [5.41, 5.74) is 2.29. The first kappa shape index (κ1) is 13.3. The van der Waals surface area contributed by atoms with Gasteiger partial charge in [0, 0.05) is 26.6 Å². The van der Waals surface area contributed by atoms with Crippen LogP contribution in [0.1, 0.15) is 26.2 Å². The molecular formula is C14H21NO3. The van der Waals surface area contributed by atoms with Gasteiger partial charge in [-0.15, -0.1) is 0 Å². The molecule has 0 saturated carbocycles. The molecule has 0 bridgehead atoms. The standard InChI is InChI=1S/C14H21NO3/c1-3-4-14(17)15-6-5-10-8-13(18-2)12(16)7-11(10)9-15/h7-8,12-13,16H,3-6,9H2,1-2H3. The lowest BCUT2D eigenvalue weighted by atomic mass is 9.89. The minimum atomic E-state index is -0.602. The molecule has 1 aliphatic carbocycles. The molecule has 0 aromatic heterocycles. The molecule has 18 heavy (non-hydrogen) atoms. The van der Waals surface area contributed by atoms with Crippen LogP contribution in [0.4, 0.5) is 0 Å². The van der Waals surface area contributed by atoms with Crippen molar-refractivity contribution < 1.29 is 14.6 Å². The van der Waals surface area contributed by atoms with Gasteiger partial charge < -0.3 is 14.7 Å². The molecule has 100 valence electrons. The lowest BCUT2D eigenvalue weighted by molar-refractivity contribution is -0.131. The highest BCUT2D eigenvalue weighted by Gasteiger charge is 2.28. The van der Waals surface area contributed by atoms with E-state index < -0.39 is 6.10 Å². The second-order valence-electron chi connectivity index (χ2n) is 4.89. The van der Waals surface area contributed by atoms with Crippen LogP contribution in [-0.4, -0.2) is 48.3 Å². The van der Waals surface area contributed by atoms with E-state index in [0.29, 0.717) is 13.0 Å². The second kappa shape index (κ2) is 5.67. The van der Waals surface area contributed by atoms with E-state index in [1.807, 2.05) is 24.0 Å². The third-order valence-electron chi connectivity index (χ3n) is 3.59. The van der Waals surface area contributed by atoms with Crippen molar-refractivity contribution in [2.24, 2.45) is 0 Å². The Bertz CT molecular complexity index is 387. The molecule has 1 aliphatic heterocycles. The van der Waals surface area contributed by atoms with Crippen LogP contribution in [0, 0.1) is 0 Å². The minimum absolute atomic E-state index is 0.209. The first-order chi connectivity index (χ1) is 8.65. The van der Waals surface area contributed by atoms with Gasteiger partial charge in [0.2, 0.25) is 5.91 Å². The number of carbonyl (C=O) groups excluding carboxylic acids is 1. The molecule has 0 aromatic rings. The molecule has 1 heterocycles. The van der Waals surface area contributed by atoms with Gasteiger partial charge in [-0.25, -0.2) is 0 Å². The zero-order valence-electron chi connectivity index (χ0n) is 11.1. The van der Waals surface area contributed by atoms with E-state index in [2.05, 4.69) is 0 Å². The minimum Gasteiger partial charge on any atom is -0.386 e. The number of likely N-dealkylation sites (tertiary alicyclic amines) is 1. The van der Waals surface area contributed by atoms with E-state index in [-0.39, 0.29) is 12.0 Å². The first-order valence-corrected chi connectivity index (χ1v) is 6.56. The third-order valence-corrected chi connectivity index (χ3v) is 3.59. The highest BCUT2D eigenvalue weighted by molar-refractivity contribution is 5.77. The molecule has 0 aromatic carbocycles. The Hall–Kier alpha value is -1.13. The zero-order valence-corrected chi connectivity index (χ0v) is 11.1. The van der Waals surface area contributed by atoms with Crippen LogP contribution >= 0.6 is 0 Å². The van der Waals surface area contributed by atoms with Gasteiger partial charge in [0.25, 0.3) is 0 Å². The molecule has 4 heteroatoms. The van der Waals surface area contributed by atoms with Gasteiger partial charge in [-0.2, -0.15) is 0 Å². The van der Waals surface area contributed by atoms with E-state index in [1.54, 1.807) is 7.11 Å². The second-order valence-corrected chi connectivity index (χ2v) is 4.89. The number of amides is 1. The van der Waals surface area contributed by atoms with Crippen molar-refractivity contribution in [1.82, 2.24) is 4.90 Å². The Morgan fingerprint density at radius 1 is 1.50 bits per heavy atom. The number of aliphatic hydroxyl groups excluding tert-OH is 1. The van der Waals surface area contributed by atoms with Gasteiger partial charge >= 0.3 is 0 Å². The summed E-state index contributed by atoms with van der Waals surface area (Å²) in [4.78, 5) is 13.7. The van der Waals surface area contributed by atoms with Crippen molar-refractivity contribution in [3.63, 3.8) is 0 Å². The first-order valence-electron chi connectivity index (χ1n) is 6.56. The highest BCUT2D eigenvalue weighted by Crippen LogP contribution is 2.28. The van der Waals surface area contributed by atoms with Crippen molar-refractivity contribution in [2.45, 2.75) is 38.4 Å². The van der Waals surface area contributed by atoms with Crippen molar-refractivity contribution in [1.29, 1.82) is 0 Å². The Kier molecular flexibility index (Phi) is 4.19. The molecular weight excluding hydrogens is 230 g/mol. The average molecular weight is 251 g/mol. The van der Waals surface area contributed by atoms with Gasteiger partial charge in [-0.05, 0) is 36.1 Å². The van der Waals surface area contributed by atoms with Crippen molar-refractivity contribution >= 4 is 5.91 Å². The summed E-state index contributed by atoms with van der Waals surface area (Å²) in [6.45, 7) is 3.41. The summed E-state index contributed by atoms with van der Waals surface area (Å²) in [7, 11) is 1.60. The quantitative estimate of drug-likeness (QED) is 0.821. The molecule has 1 fully saturated rings. The number of methoxy groups -OCH3 is 1. The largest absolute Gasteiger partial charge is 0.386 e. The van der Waals surface area contributed by atoms with Crippen LogP contribution in [0.25, 0.3) is 0 Å². The Labute approximate surface area is 108 Å². The number of ether oxygens (including phenoxy) is 1. The third kappa shape index (κ3) is 2.65. The number of piperidine rings is 1. The average Bonchev–Trinajstić information content (AvgIpc) is 2.37. The highest BCUT2D eigenvalue weighted by atomic mass is 16.5. The summed E-state index contributed by atoms with van der Waals surface area (Å²) in [6, 6.07) is 0. The molecule has 0 spiro atoms. The number of fused-ring (bicyclic) bond motifs is 1. The fraction of sp³-hybridized carbons (Fsp3) is 0.643. The lowest BCUT2D eigenvalue weighted by Gasteiger charge is -2.34. The maximum Gasteiger partial charge on any atom is 0.222 e. The fourth-order valence-corrected chi connectivity index (χ4v) is 2.54. The van der Waals surface area contributed by atoms with Crippen LogP contribution in [0.3, 0.4) is 0 Å². The van der Waals surface area contributed by atoms with E-state index in [1.165, 1.54) is 5.57 Å².